The van der Waals surface area contributed by atoms with Gasteiger partial charge >= 0.3 is 0 Å². The van der Waals surface area contributed by atoms with Gasteiger partial charge in [-0.15, -0.1) is 0 Å². The minimum absolute atomic E-state index is 0.181. The number of allylic oxidation sites excluding steroid dienone is 1. The van der Waals surface area contributed by atoms with Gasteiger partial charge in [0.05, 0.1) is 0 Å². The molecular weight excluding hydrogens is 199 g/mol. The lowest BCUT2D eigenvalue weighted by Crippen LogP contribution is -2.09. The number of hydrogen-bond donors (Lipinski definition) is 0. The van der Waals surface area contributed by atoms with Crippen LogP contribution in [0.25, 0.3) is 6.08 Å². The van der Waals surface area contributed by atoms with Gasteiger partial charge in [-0.05, 0) is 35.4 Å². The molecule has 16 heavy (non-hydrogen) atoms. The maximum atomic E-state index is 12.7. The van der Waals surface area contributed by atoms with E-state index in [4.69, 9.17) is 0 Å². The summed E-state index contributed by atoms with van der Waals surface area (Å²) >= 11 is 0. The highest BCUT2D eigenvalue weighted by atomic mass is 19.1. The lowest BCUT2D eigenvalue weighted by Gasteiger charge is -2.21. The predicted molar refractivity (Wildman–Crippen MR) is 68.7 cm³/mol. The van der Waals surface area contributed by atoms with Crippen LogP contribution in [0.3, 0.4) is 0 Å². The first-order chi connectivity index (χ1) is 7.37. The van der Waals surface area contributed by atoms with Crippen molar-refractivity contribution in [2.45, 2.75) is 34.1 Å². The van der Waals surface area contributed by atoms with Gasteiger partial charge in [-0.1, -0.05) is 52.0 Å². The Morgan fingerprint density at radius 1 is 1.19 bits per heavy atom. The molecule has 0 aliphatic rings. The normalized spacial score (nSPS) is 14.3. The second-order valence-corrected chi connectivity index (χ2v) is 5.65. The third kappa shape index (κ3) is 5.11. The van der Waals surface area contributed by atoms with Crippen molar-refractivity contribution in [1.82, 2.24) is 0 Å². The molecule has 0 fully saturated rings. The Kier molecular flexibility index (Phi) is 4.28. The molecule has 0 aliphatic carbocycles. The van der Waals surface area contributed by atoms with Crippen molar-refractivity contribution in [3.05, 3.63) is 41.7 Å². The Balaban J connectivity index is 2.56. The fourth-order valence-corrected chi connectivity index (χ4v) is 1.88. The molecule has 0 aliphatic heterocycles. The molecule has 0 amide bonds. The van der Waals surface area contributed by atoms with E-state index in [0.29, 0.717) is 11.3 Å². The predicted octanol–water partition coefficient (Wildman–Crippen LogP) is 4.91. The SMILES string of the molecule is CC(/C=C/c1ccc(F)cc1)CC(C)(C)C. The van der Waals surface area contributed by atoms with E-state index in [1.54, 1.807) is 12.1 Å². The summed E-state index contributed by atoms with van der Waals surface area (Å²) in [4.78, 5) is 0. The number of benzene rings is 1. The molecule has 0 aromatic heterocycles. The number of rotatable bonds is 3. The number of halogens is 1. The van der Waals surface area contributed by atoms with Crippen LogP contribution in [0, 0.1) is 17.2 Å². The van der Waals surface area contributed by atoms with E-state index in [1.165, 1.54) is 12.1 Å². The highest BCUT2D eigenvalue weighted by Crippen LogP contribution is 2.25. The van der Waals surface area contributed by atoms with Gasteiger partial charge in [-0.3, -0.25) is 0 Å². The Bertz CT molecular complexity index is 341. The second kappa shape index (κ2) is 5.29. The molecular formula is C15H21F. The summed E-state index contributed by atoms with van der Waals surface area (Å²) in [5.74, 6) is 0.366. The molecule has 1 aromatic rings. The first kappa shape index (κ1) is 13.0. The van der Waals surface area contributed by atoms with E-state index in [0.717, 1.165) is 12.0 Å². The second-order valence-electron chi connectivity index (χ2n) is 5.65. The van der Waals surface area contributed by atoms with Crippen LogP contribution in [-0.2, 0) is 0 Å². The first-order valence-electron chi connectivity index (χ1n) is 5.80. The quantitative estimate of drug-likeness (QED) is 0.679. The standard InChI is InChI=1S/C15H21F/c1-12(11-15(2,3)4)5-6-13-7-9-14(16)10-8-13/h5-10,12H,11H2,1-4H3/b6-5+. The smallest absolute Gasteiger partial charge is 0.123 e. The van der Waals surface area contributed by atoms with Crippen LogP contribution in [0.4, 0.5) is 4.39 Å². The van der Waals surface area contributed by atoms with Gasteiger partial charge in [0, 0.05) is 0 Å². The zero-order chi connectivity index (χ0) is 12.2. The molecule has 0 saturated carbocycles. The highest BCUT2D eigenvalue weighted by Gasteiger charge is 2.12. The third-order valence-electron chi connectivity index (χ3n) is 2.42. The molecule has 1 aromatic carbocycles. The topological polar surface area (TPSA) is 0 Å². The van der Waals surface area contributed by atoms with Crippen LogP contribution in [0.2, 0.25) is 0 Å². The molecule has 0 N–H and O–H groups in total. The van der Waals surface area contributed by atoms with Crippen LogP contribution < -0.4 is 0 Å². The summed E-state index contributed by atoms with van der Waals surface area (Å²) in [5.41, 5.74) is 1.41. The molecule has 0 saturated heterocycles. The zero-order valence-electron chi connectivity index (χ0n) is 10.6. The van der Waals surface area contributed by atoms with Gasteiger partial charge in [0.25, 0.3) is 0 Å². The van der Waals surface area contributed by atoms with Crippen molar-refractivity contribution in [2.24, 2.45) is 11.3 Å². The number of hydrogen-bond acceptors (Lipinski definition) is 0. The van der Waals surface area contributed by atoms with Crippen molar-refractivity contribution in [3.63, 3.8) is 0 Å². The maximum absolute atomic E-state index is 12.7. The van der Waals surface area contributed by atoms with E-state index in [9.17, 15) is 4.39 Å². The van der Waals surface area contributed by atoms with Crippen LogP contribution in [0.15, 0.2) is 30.3 Å². The van der Waals surface area contributed by atoms with Gasteiger partial charge in [0.1, 0.15) is 5.82 Å². The van der Waals surface area contributed by atoms with Crippen LogP contribution in [0.1, 0.15) is 39.7 Å². The summed E-state index contributed by atoms with van der Waals surface area (Å²) in [5, 5.41) is 0. The molecule has 1 heteroatoms. The van der Waals surface area contributed by atoms with Crippen LogP contribution in [-0.4, -0.2) is 0 Å². The minimum Gasteiger partial charge on any atom is -0.207 e. The molecule has 1 rings (SSSR count). The van der Waals surface area contributed by atoms with Gasteiger partial charge < -0.3 is 0 Å². The summed E-state index contributed by atoms with van der Waals surface area (Å²) in [6.07, 6.45) is 5.42. The third-order valence-corrected chi connectivity index (χ3v) is 2.42. The summed E-state index contributed by atoms with van der Waals surface area (Å²) < 4.78 is 12.7. The first-order valence-corrected chi connectivity index (χ1v) is 5.80. The highest BCUT2D eigenvalue weighted by molar-refractivity contribution is 5.49. The lowest BCUT2D eigenvalue weighted by molar-refractivity contribution is 0.337. The van der Waals surface area contributed by atoms with Crippen molar-refractivity contribution in [1.29, 1.82) is 0 Å². The van der Waals surface area contributed by atoms with E-state index in [-0.39, 0.29) is 5.82 Å². The summed E-state index contributed by atoms with van der Waals surface area (Å²) in [6, 6.07) is 6.59. The fourth-order valence-electron chi connectivity index (χ4n) is 1.88. The zero-order valence-corrected chi connectivity index (χ0v) is 10.6. The molecule has 0 heterocycles. The lowest BCUT2D eigenvalue weighted by atomic mass is 9.85. The van der Waals surface area contributed by atoms with E-state index in [1.807, 2.05) is 0 Å². The molecule has 1 atom stereocenters. The van der Waals surface area contributed by atoms with Gasteiger partial charge in [0.15, 0.2) is 0 Å². The monoisotopic (exact) mass is 220 g/mol. The van der Waals surface area contributed by atoms with Crippen molar-refractivity contribution >= 4 is 6.08 Å². The molecule has 0 spiro atoms. The minimum atomic E-state index is -0.181. The Labute approximate surface area is 98.2 Å². The molecule has 0 bridgehead atoms. The maximum Gasteiger partial charge on any atom is 0.123 e. The van der Waals surface area contributed by atoms with E-state index >= 15 is 0 Å². The van der Waals surface area contributed by atoms with E-state index in [2.05, 4.69) is 39.8 Å². The molecule has 0 nitrogen and oxygen atoms in total. The Morgan fingerprint density at radius 3 is 2.25 bits per heavy atom. The van der Waals surface area contributed by atoms with Gasteiger partial charge in [-0.25, -0.2) is 4.39 Å². The summed E-state index contributed by atoms with van der Waals surface area (Å²) in [7, 11) is 0. The van der Waals surface area contributed by atoms with Gasteiger partial charge in [-0.2, -0.15) is 0 Å². The van der Waals surface area contributed by atoms with Crippen LogP contribution in [0.5, 0.6) is 0 Å². The average molecular weight is 220 g/mol. The molecule has 1 unspecified atom stereocenters. The fraction of sp³-hybridized carbons (Fsp3) is 0.467. The van der Waals surface area contributed by atoms with Crippen molar-refractivity contribution < 1.29 is 4.39 Å². The van der Waals surface area contributed by atoms with Gasteiger partial charge in [0.2, 0.25) is 0 Å². The molecule has 0 radical (unpaired) electrons. The van der Waals surface area contributed by atoms with Crippen molar-refractivity contribution in [2.75, 3.05) is 0 Å². The summed E-state index contributed by atoms with van der Waals surface area (Å²) in [6.45, 7) is 8.95. The average Bonchev–Trinajstić information content (AvgIpc) is 2.14. The van der Waals surface area contributed by atoms with Crippen molar-refractivity contribution in [3.8, 4) is 0 Å². The largest absolute Gasteiger partial charge is 0.207 e. The van der Waals surface area contributed by atoms with E-state index < -0.39 is 0 Å². The molecule has 88 valence electrons. The Hall–Kier alpha value is -1.11. The Morgan fingerprint density at radius 2 is 1.75 bits per heavy atom. The van der Waals surface area contributed by atoms with Crippen LogP contribution >= 0.6 is 0 Å².